The molecule has 40 valence electrons. The monoisotopic (exact) mass is 138 g/mol. The molecule has 0 rings (SSSR count). The van der Waals surface area contributed by atoms with E-state index in [1.165, 1.54) is 0 Å². The van der Waals surface area contributed by atoms with Gasteiger partial charge in [0, 0.05) is 0 Å². The molecule has 0 aromatic heterocycles. The molecule has 0 bridgehead atoms. The average Bonchev–Trinajstić information content (AvgIpc) is 0.722. The number of rotatable bonds is 0. The maximum Gasteiger partial charge on any atom is 2.00 e. The molecule has 0 heterocycles. The fourth-order valence-electron chi connectivity index (χ4n) is 0. The van der Waals surface area contributed by atoms with E-state index in [0.29, 0.717) is 0 Å². The van der Waals surface area contributed by atoms with E-state index < -0.39 is 9.05 Å². The van der Waals surface area contributed by atoms with Crippen LogP contribution in [0.15, 0.2) is 0 Å². The summed E-state index contributed by atoms with van der Waals surface area (Å²) in [6, 6.07) is 0. The Labute approximate surface area is 56.4 Å². The smallest absolute Gasteiger partial charge is 1.00 e. The van der Waals surface area contributed by atoms with Gasteiger partial charge in [-0.1, -0.05) is 0 Å². The standard InChI is InChI=1S/FH.Mg.H3O4Si/c;;1-5(2,3)4/h1H;;1-3H/q;+2;-1/p-1. The quantitative estimate of drug-likeness (QED) is 0.291. The molecule has 0 saturated carbocycles. The maximum atomic E-state index is 8.91. The third kappa shape index (κ3) is 269. The second-order valence-corrected chi connectivity index (χ2v) is 1.72. The number of hydrogen-bond acceptors (Lipinski definition) is 4. The van der Waals surface area contributed by atoms with Crippen molar-refractivity contribution in [3.63, 3.8) is 0 Å². The van der Waals surface area contributed by atoms with Gasteiger partial charge in [0.25, 0.3) is 0 Å². The van der Waals surface area contributed by atoms with Gasteiger partial charge in [0.15, 0.2) is 0 Å². The van der Waals surface area contributed by atoms with Crippen molar-refractivity contribution >= 4 is 32.1 Å². The molecule has 7 heteroatoms. The van der Waals surface area contributed by atoms with Crippen molar-refractivity contribution in [2.45, 2.75) is 0 Å². The minimum absolute atomic E-state index is 0. The van der Waals surface area contributed by atoms with Gasteiger partial charge in [-0.25, -0.2) is 0 Å². The third-order valence-corrected chi connectivity index (χ3v) is 0. The molecule has 0 aromatic rings. The van der Waals surface area contributed by atoms with E-state index in [0.717, 1.165) is 0 Å². The van der Waals surface area contributed by atoms with Crippen LogP contribution >= 0.6 is 0 Å². The summed E-state index contributed by atoms with van der Waals surface area (Å²) in [5.74, 6) is 0. The van der Waals surface area contributed by atoms with Gasteiger partial charge >= 0.3 is 32.1 Å². The SMILES string of the molecule is [F-].[Mg+2].[O-][Si](O)(O)O. The molecule has 0 saturated heterocycles. The predicted octanol–water partition coefficient (Wildman–Crippen LogP) is -6.62. The molecule has 0 fully saturated rings. The summed E-state index contributed by atoms with van der Waals surface area (Å²) < 4.78 is 0. The summed E-state index contributed by atoms with van der Waals surface area (Å²) in [7, 11) is -4.86. The minimum atomic E-state index is -4.86. The van der Waals surface area contributed by atoms with Crippen LogP contribution in [0.3, 0.4) is 0 Å². The minimum Gasteiger partial charge on any atom is -1.00 e. The van der Waals surface area contributed by atoms with Crippen LogP contribution in [0.4, 0.5) is 0 Å². The van der Waals surface area contributed by atoms with Gasteiger partial charge in [-0.2, -0.15) is 0 Å². The molecule has 3 N–H and O–H groups in total. The van der Waals surface area contributed by atoms with Crippen molar-refractivity contribution in [2.24, 2.45) is 0 Å². The van der Waals surface area contributed by atoms with E-state index >= 15 is 0 Å². The molecule has 0 spiro atoms. The number of hydrogen-bond donors (Lipinski definition) is 3. The first kappa shape index (κ1) is 15.7. The molecular formula is H3FMgO4Si. The van der Waals surface area contributed by atoms with Crippen molar-refractivity contribution in [3.8, 4) is 0 Å². The molecule has 0 amide bonds. The van der Waals surface area contributed by atoms with Crippen LogP contribution in [-0.2, 0) is 0 Å². The van der Waals surface area contributed by atoms with E-state index in [-0.39, 0.29) is 27.8 Å². The summed E-state index contributed by atoms with van der Waals surface area (Å²) in [6.07, 6.45) is 0. The second kappa shape index (κ2) is 4.90. The van der Waals surface area contributed by atoms with E-state index in [1.54, 1.807) is 0 Å². The Balaban J connectivity index is -0.0000000800. The van der Waals surface area contributed by atoms with E-state index in [2.05, 4.69) is 0 Å². The van der Waals surface area contributed by atoms with Crippen molar-refractivity contribution in [1.29, 1.82) is 0 Å². The summed E-state index contributed by atoms with van der Waals surface area (Å²) in [6.45, 7) is 0. The second-order valence-electron chi connectivity index (χ2n) is 0.574. The molecule has 0 radical (unpaired) electrons. The summed E-state index contributed by atoms with van der Waals surface area (Å²) in [4.78, 5) is 30.6. The van der Waals surface area contributed by atoms with Gasteiger partial charge in [-0.05, 0) is 0 Å². The third-order valence-electron chi connectivity index (χ3n) is 0. The molecule has 7 heavy (non-hydrogen) atoms. The largest absolute Gasteiger partial charge is 2.00 e. The van der Waals surface area contributed by atoms with Gasteiger partial charge < -0.3 is 23.9 Å². The predicted molar refractivity (Wildman–Crippen MR) is 18.2 cm³/mol. The summed E-state index contributed by atoms with van der Waals surface area (Å²) in [5, 5.41) is 0. The summed E-state index contributed by atoms with van der Waals surface area (Å²) >= 11 is 0. The molecular weight excluding hydrogens is 135 g/mol. The zero-order valence-electron chi connectivity index (χ0n) is 3.33. The van der Waals surface area contributed by atoms with Crippen molar-refractivity contribution in [1.82, 2.24) is 0 Å². The Bertz CT molecular complexity index is 27.2. The Morgan fingerprint density at radius 2 is 1.14 bits per heavy atom. The number of halogens is 1. The van der Waals surface area contributed by atoms with Crippen LogP contribution in [-0.4, -0.2) is 46.5 Å². The Hall–Kier alpha value is 0.753. The Morgan fingerprint density at radius 3 is 1.14 bits per heavy atom. The maximum absolute atomic E-state index is 8.91. The normalized spacial score (nSPS) is 8.57. The molecule has 4 nitrogen and oxygen atoms in total. The van der Waals surface area contributed by atoms with E-state index in [1.807, 2.05) is 0 Å². The van der Waals surface area contributed by atoms with Gasteiger partial charge in [0.05, 0.1) is 0 Å². The van der Waals surface area contributed by atoms with Crippen molar-refractivity contribution < 1.29 is 23.9 Å². The van der Waals surface area contributed by atoms with Crippen LogP contribution < -0.4 is 9.50 Å². The molecule has 0 aliphatic heterocycles. The van der Waals surface area contributed by atoms with Crippen LogP contribution in [0.1, 0.15) is 0 Å². The topological polar surface area (TPSA) is 83.8 Å². The average molecular weight is 138 g/mol. The van der Waals surface area contributed by atoms with E-state index in [9.17, 15) is 0 Å². The van der Waals surface area contributed by atoms with E-state index in [4.69, 9.17) is 19.2 Å². The molecule has 0 unspecified atom stereocenters. The van der Waals surface area contributed by atoms with Gasteiger partial charge in [0.1, 0.15) is 0 Å². The van der Waals surface area contributed by atoms with Gasteiger partial charge in [-0.15, -0.1) is 0 Å². The van der Waals surface area contributed by atoms with Gasteiger partial charge in [-0.3, -0.25) is 0 Å². The first-order valence-corrected chi connectivity index (χ1v) is 2.62. The van der Waals surface area contributed by atoms with Crippen molar-refractivity contribution in [3.05, 3.63) is 0 Å². The van der Waals surface area contributed by atoms with Gasteiger partial charge in [0.2, 0.25) is 0 Å². The first-order valence-electron chi connectivity index (χ1n) is 0.875. The molecule has 0 atom stereocenters. The van der Waals surface area contributed by atoms with Crippen LogP contribution in [0, 0.1) is 0 Å². The van der Waals surface area contributed by atoms with Crippen LogP contribution in [0.2, 0.25) is 0 Å². The fraction of sp³-hybridized carbons (Fsp3) is 0. The molecule has 0 aromatic carbocycles. The van der Waals surface area contributed by atoms with Crippen LogP contribution in [0.25, 0.3) is 0 Å². The Kier molecular flexibility index (Phi) is 11.0. The fourth-order valence-corrected chi connectivity index (χ4v) is 0. The van der Waals surface area contributed by atoms with Crippen LogP contribution in [0.5, 0.6) is 0 Å². The van der Waals surface area contributed by atoms with Crippen molar-refractivity contribution in [2.75, 3.05) is 0 Å². The zero-order valence-corrected chi connectivity index (χ0v) is 5.75. The summed E-state index contributed by atoms with van der Waals surface area (Å²) in [5.41, 5.74) is 0. The zero-order chi connectivity index (χ0) is 4.50. The molecule has 0 aliphatic carbocycles. The Morgan fingerprint density at radius 1 is 1.14 bits per heavy atom. The first-order chi connectivity index (χ1) is 2.00. The molecule has 0 aliphatic rings.